The van der Waals surface area contributed by atoms with Crippen molar-refractivity contribution in [3.8, 4) is 0 Å². The van der Waals surface area contributed by atoms with Crippen molar-refractivity contribution in [1.82, 2.24) is 4.90 Å². The highest BCUT2D eigenvalue weighted by Gasteiger charge is 2.23. The fourth-order valence-electron chi connectivity index (χ4n) is 2.25. The predicted octanol–water partition coefficient (Wildman–Crippen LogP) is 3.03. The molecule has 0 spiro atoms. The Labute approximate surface area is 105 Å². The average molecular weight is 256 g/mol. The summed E-state index contributed by atoms with van der Waals surface area (Å²) in [7, 11) is 0. The Balaban J connectivity index is 2.16. The summed E-state index contributed by atoms with van der Waals surface area (Å²) >= 11 is 5.98. The number of carbonyl (C=O) groups is 1. The first-order valence-corrected chi connectivity index (χ1v) is 6.22. The van der Waals surface area contributed by atoms with Crippen LogP contribution in [-0.4, -0.2) is 23.8 Å². The van der Waals surface area contributed by atoms with Gasteiger partial charge in [-0.15, -0.1) is 0 Å². The SMILES string of the molecule is O=CC1CCCCN1Cc1c(F)cccc1Cl. The van der Waals surface area contributed by atoms with E-state index in [-0.39, 0.29) is 11.9 Å². The molecular weight excluding hydrogens is 241 g/mol. The molecule has 1 saturated heterocycles. The van der Waals surface area contributed by atoms with Gasteiger partial charge in [-0.1, -0.05) is 24.1 Å². The smallest absolute Gasteiger partial charge is 0.137 e. The van der Waals surface area contributed by atoms with Crippen molar-refractivity contribution in [3.05, 3.63) is 34.6 Å². The molecule has 4 heteroatoms. The molecule has 0 N–H and O–H groups in total. The third kappa shape index (κ3) is 2.85. The zero-order chi connectivity index (χ0) is 12.3. The molecule has 1 atom stereocenters. The van der Waals surface area contributed by atoms with Gasteiger partial charge >= 0.3 is 0 Å². The second-order valence-electron chi connectivity index (χ2n) is 4.37. The number of piperidine rings is 1. The summed E-state index contributed by atoms with van der Waals surface area (Å²) in [6.45, 7) is 1.24. The second kappa shape index (κ2) is 5.61. The molecule has 92 valence electrons. The minimum absolute atomic E-state index is 0.0978. The zero-order valence-corrected chi connectivity index (χ0v) is 10.3. The Bertz CT molecular complexity index is 390. The van der Waals surface area contributed by atoms with E-state index < -0.39 is 0 Å². The second-order valence-corrected chi connectivity index (χ2v) is 4.78. The molecule has 0 amide bonds. The highest BCUT2D eigenvalue weighted by atomic mass is 35.5. The van der Waals surface area contributed by atoms with E-state index in [2.05, 4.69) is 0 Å². The van der Waals surface area contributed by atoms with Gasteiger partial charge in [-0.2, -0.15) is 0 Å². The van der Waals surface area contributed by atoms with Gasteiger partial charge in [0.2, 0.25) is 0 Å². The first kappa shape index (κ1) is 12.5. The van der Waals surface area contributed by atoms with Crippen molar-refractivity contribution in [1.29, 1.82) is 0 Å². The lowest BCUT2D eigenvalue weighted by Crippen LogP contribution is -2.40. The van der Waals surface area contributed by atoms with Crippen molar-refractivity contribution in [2.24, 2.45) is 0 Å². The van der Waals surface area contributed by atoms with Crippen LogP contribution in [0.4, 0.5) is 4.39 Å². The molecular formula is C13H15ClFNO. The molecule has 1 aromatic carbocycles. The fraction of sp³-hybridized carbons (Fsp3) is 0.462. The van der Waals surface area contributed by atoms with Gasteiger partial charge in [0, 0.05) is 17.1 Å². The van der Waals surface area contributed by atoms with E-state index in [4.69, 9.17) is 11.6 Å². The van der Waals surface area contributed by atoms with E-state index in [1.807, 2.05) is 4.90 Å². The van der Waals surface area contributed by atoms with Gasteiger partial charge in [-0.25, -0.2) is 4.39 Å². The molecule has 0 aliphatic carbocycles. The molecule has 1 unspecified atom stereocenters. The highest BCUT2D eigenvalue weighted by Crippen LogP contribution is 2.24. The first-order chi connectivity index (χ1) is 8.22. The molecule has 0 aromatic heterocycles. The van der Waals surface area contributed by atoms with Crippen molar-refractivity contribution in [3.63, 3.8) is 0 Å². The van der Waals surface area contributed by atoms with Gasteiger partial charge in [-0.05, 0) is 31.5 Å². The fourth-order valence-corrected chi connectivity index (χ4v) is 2.48. The van der Waals surface area contributed by atoms with E-state index in [1.165, 1.54) is 6.07 Å². The molecule has 1 heterocycles. The number of likely N-dealkylation sites (tertiary alicyclic amines) is 1. The standard InChI is InChI=1S/C13H15ClFNO/c14-12-5-3-6-13(15)11(12)8-16-7-2-1-4-10(16)9-17/h3,5-6,9-10H,1-2,4,7-8H2. The number of halogens is 2. The van der Waals surface area contributed by atoms with Gasteiger partial charge in [-0.3, -0.25) is 4.90 Å². The van der Waals surface area contributed by atoms with E-state index in [9.17, 15) is 9.18 Å². The Kier molecular flexibility index (Phi) is 4.13. The van der Waals surface area contributed by atoms with Crippen LogP contribution in [0.2, 0.25) is 5.02 Å². The maximum absolute atomic E-state index is 13.6. The van der Waals surface area contributed by atoms with Crippen LogP contribution < -0.4 is 0 Å². The van der Waals surface area contributed by atoms with Gasteiger partial charge in [0.05, 0.1) is 6.04 Å². The molecule has 1 aliphatic heterocycles. The van der Waals surface area contributed by atoms with Gasteiger partial charge in [0.1, 0.15) is 12.1 Å². The molecule has 0 bridgehead atoms. The number of nitrogens with zero attached hydrogens (tertiary/aromatic N) is 1. The Morgan fingerprint density at radius 3 is 3.00 bits per heavy atom. The van der Waals surface area contributed by atoms with Gasteiger partial charge in [0.15, 0.2) is 0 Å². The molecule has 0 saturated carbocycles. The summed E-state index contributed by atoms with van der Waals surface area (Å²) in [5.41, 5.74) is 0.489. The third-order valence-corrected chi connectivity index (χ3v) is 3.60. The van der Waals surface area contributed by atoms with E-state index in [0.29, 0.717) is 17.1 Å². The summed E-state index contributed by atoms with van der Waals surface area (Å²) in [4.78, 5) is 13.0. The van der Waals surface area contributed by atoms with Gasteiger partial charge in [0.25, 0.3) is 0 Å². The molecule has 1 aromatic rings. The lowest BCUT2D eigenvalue weighted by Gasteiger charge is -2.32. The topological polar surface area (TPSA) is 20.3 Å². The van der Waals surface area contributed by atoms with Crippen molar-refractivity contribution >= 4 is 17.9 Å². The Hall–Kier alpha value is -0.930. The zero-order valence-electron chi connectivity index (χ0n) is 9.53. The number of hydrogen-bond acceptors (Lipinski definition) is 2. The normalized spacial score (nSPS) is 21.4. The molecule has 1 aliphatic rings. The van der Waals surface area contributed by atoms with Crippen LogP contribution in [0.5, 0.6) is 0 Å². The maximum atomic E-state index is 13.6. The molecule has 2 nitrogen and oxygen atoms in total. The summed E-state index contributed by atoms with van der Waals surface area (Å²) in [5, 5.41) is 0.431. The van der Waals surface area contributed by atoms with Crippen molar-refractivity contribution in [2.75, 3.05) is 6.54 Å². The van der Waals surface area contributed by atoms with E-state index in [1.54, 1.807) is 12.1 Å². The van der Waals surface area contributed by atoms with E-state index >= 15 is 0 Å². The summed E-state index contributed by atoms with van der Waals surface area (Å²) in [6.07, 6.45) is 3.92. The van der Waals surface area contributed by atoms with Crippen LogP contribution in [-0.2, 0) is 11.3 Å². The lowest BCUT2D eigenvalue weighted by molar-refractivity contribution is -0.113. The van der Waals surface area contributed by atoms with Crippen LogP contribution in [0.1, 0.15) is 24.8 Å². The number of carbonyl (C=O) groups excluding carboxylic acids is 1. The number of benzene rings is 1. The van der Waals surface area contributed by atoms with Crippen LogP contribution >= 0.6 is 11.6 Å². The van der Waals surface area contributed by atoms with Crippen LogP contribution in [0.15, 0.2) is 18.2 Å². The van der Waals surface area contributed by atoms with Gasteiger partial charge < -0.3 is 4.79 Å². The maximum Gasteiger partial charge on any atom is 0.137 e. The summed E-state index contributed by atoms with van der Waals surface area (Å²) < 4.78 is 13.6. The Morgan fingerprint density at radius 2 is 2.29 bits per heavy atom. The molecule has 1 fully saturated rings. The number of aldehydes is 1. The third-order valence-electron chi connectivity index (χ3n) is 3.24. The average Bonchev–Trinajstić information content (AvgIpc) is 2.34. The highest BCUT2D eigenvalue weighted by molar-refractivity contribution is 6.31. The van der Waals surface area contributed by atoms with Crippen LogP contribution in [0.3, 0.4) is 0 Å². The summed E-state index contributed by atoms with van der Waals surface area (Å²) in [6, 6.07) is 4.58. The monoisotopic (exact) mass is 255 g/mol. The molecule has 0 radical (unpaired) electrons. The molecule has 17 heavy (non-hydrogen) atoms. The summed E-state index contributed by atoms with van der Waals surface area (Å²) in [5.74, 6) is -0.298. The first-order valence-electron chi connectivity index (χ1n) is 5.84. The minimum atomic E-state index is -0.298. The van der Waals surface area contributed by atoms with Crippen molar-refractivity contribution in [2.45, 2.75) is 31.8 Å². The predicted molar refractivity (Wildman–Crippen MR) is 65.5 cm³/mol. The molecule has 2 rings (SSSR count). The lowest BCUT2D eigenvalue weighted by atomic mass is 10.0. The Morgan fingerprint density at radius 1 is 1.47 bits per heavy atom. The van der Waals surface area contributed by atoms with Crippen LogP contribution in [0, 0.1) is 5.82 Å². The minimum Gasteiger partial charge on any atom is -0.302 e. The number of rotatable bonds is 3. The van der Waals surface area contributed by atoms with Crippen molar-refractivity contribution < 1.29 is 9.18 Å². The quantitative estimate of drug-likeness (QED) is 0.774. The largest absolute Gasteiger partial charge is 0.302 e. The van der Waals surface area contributed by atoms with E-state index in [0.717, 1.165) is 32.1 Å². The van der Waals surface area contributed by atoms with Crippen LogP contribution in [0.25, 0.3) is 0 Å². The number of hydrogen-bond donors (Lipinski definition) is 0.